The Hall–Kier alpha value is -3.19. The molecule has 0 saturated heterocycles. The number of nitrogens with two attached hydrogens (primary N) is 1. The first kappa shape index (κ1) is 16.9. The summed E-state index contributed by atoms with van der Waals surface area (Å²) in [6, 6.07) is 9.54. The van der Waals surface area contributed by atoms with Gasteiger partial charge in [-0.3, -0.25) is 9.67 Å². The SMILES string of the molecule is Cn1ccc(-c2nc(N)c(OC3CC3)nc2-c2cc(Cl)c3ncccc3c2)n1. The first-order chi connectivity index (χ1) is 13.6. The molecule has 4 aromatic rings. The van der Waals surface area contributed by atoms with Crippen LogP contribution in [0.3, 0.4) is 0 Å². The van der Waals surface area contributed by atoms with Crippen LogP contribution in [-0.2, 0) is 7.05 Å². The smallest absolute Gasteiger partial charge is 0.258 e. The number of hydrogen-bond donors (Lipinski definition) is 1. The number of benzene rings is 1. The molecule has 1 fully saturated rings. The van der Waals surface area contributed by atoms with E-state index in [2.05, 4.69) is 15.1 Å². The van der Waals surface area contributed by atoms with Crippen molar-refractivity contribution in [3.8, 4) is 28.5 Å². The lowest BCUT2D eigenvalue weighted by Crippen LogP contribution is -2.07. The molecule has 1 aliphatic rings. The van der Waals surface area contributed by atoms with Gasteiger partial charge in [0.15, 0.2) is 5.82 Å². The Morgan fingerprint density at radius 1 is 1.18 bits per heavy atom. The minimum absolute atomic E-state index is 0.162. The summed E-state index contributed by atoms with van der Waals surface area (Å²) in [5.41, 5.74) is 9.57. The van der Waals surface area contributed by atoms with E-state index in [1.54, 1.807) is 10.9 Å². The average molecular weight is 393 g/mol. The molecular weight excluding hydrogens is 376 g/mol. The van der Waals surface area contributed by atoms with E-state index < -0.39 is 0 Å². The van der Waals surface area contributed by atoms with Crippen molar-refractivity contribution in [3.63, 3.8) is 0 Å². The lowest BCUT2D eigenvalue weighted by molar-refractivity contribution is 0.292. The number of pyridine rings is 1. The van der Waals surface area contributed by atoms with Crippen LogP contribution in [0.5, 0.6) is 5.88 Å². The Morgan fingerprint density at radius 3 is 2.79 bits per heavy atom. The van der Waals surface area contributed by atoms with Crippen LogP contribution in [-0.4, -0.2) is 30.8 Å². The summed E-state index contributed by atoms with van der Waals surface area (Å²) in [4.78, 5) is 13.6. The number of rotatable bonds is 4. The van der Waals surface area contributed by atoms with Gasteiger partial charge in [0.2, 0.25) is 0 Å². The van der Waals surface area contributed by atoms with Gasteiger partial charge in [0, 0.05) is 30.4 Å². The topological polar surface area (TPSA) is 91.7 Å². The molecular formula is C20H17ClN6O. The van der Waals surface area contributed by atoms with E-state index in [9.17, 15) is 0 Å². The first-order valence-electron chi connectivity index (χ1n) is 8.97. The van der Waals surface area contributed by atoms with Crippen molar-refractivity contribution in [2.75, 3.05) is 5.73 Å². The molecule has 140 valence electrons. The highest BCUT2D eigenvalue weighted by atomic mass is 35.5. The number of aromatic nitrogens is 5. The third-order valence-corrected chi connectivity index (χ3v) is 4.87. The van der Waals surface area contributed by atoms with Crippen LogP contribution in [0.1, 0.15) is 12.8 Å². The molecule has 2 N–H and O–H groups in total. The summed E-state index contributed by atoms with van der Waals surface area (Å²) in [5.74, 6) is 0.601. The molecule has 0 spiro atoms. The molecule has 7 nitrogen and oxygen atoms in total. The van der Waals surface area contributed by atoms with E-state index in [4.69, 9.17) is 27.1 Å². The van der Waals surface area contributed by atoms with Crippen LogP contribution in [0.25, 0.3) is 33.5 Å². The van der Waals surface area contributed by atoms with E-state index >= 15 is 0 Å². The van der Waals surface area contributed by atoms with Gasteiger partial charge in [-0.2, -0.15) is 5.10 Å². The quantitative estimate of drug-likeness (QED) is 0.566. The summed E-state index contributed by atoms with van der Waals surface area (Å²) in [7, 11) is 1.85. The van der Waals surface area contributed by atoms with Crippen LogP contribution in [0.2, 0.25) is 5.02 Å². The van der Waals surface area contributed by atoms with E-state index in [1.165, 1.54) is 0 Å². The maximum absolute atomic E-state index is 6.49. The zero-order valence-electron chi connectivity index (χ0n) is 15.1. The van der Waals surface area contributed by atoms with Crippen molar-refractivity contribution in [2.24, 2.45) is 7.05 Å². The summed E-state index contributed by atoms with van der Waals surface area (Å²) in [5, 5.41) is 5.93. The van der Waals surface area contributed by atoms with Crippen LogP contribution >= 0.6 is 11.6 Å². The monoisotopic (exact) mass is 392 g/mol. The molecule has 1 aliphatic carbocycles. The van der Waals surface area contributed by atoms with Crippen LogP contribution < -0.4 is 10.5 Å². The van der Waals surface area contributed by atoms with Gasteiger partial charge in [-0.1, -0.05) is 17.7 Å². The fourth-order valence-electron chi connectivity index (χ4n) is 3.07. The summed E-state index contributed by atoms with van der Waals surface area (Å²) >= 11 is 6.49. The second-order valence-electron chi connectivity index (χ2n) is 6.84. The van der Waals surface area contributed by atoms with Gasteiger partial charge in [0.05, 0.1) is 10.5 Å². The highest BCUT2D eigenvalue weighted by Crippen LogP contribution is 2.37. The van der Waals surface area contributed by atoms with E-state index in [1.807, 2.05) is 43.6 Å². The maximum atomic E-state index is 6.49. The molecule has 0 amide bonds. The minimum atomic E-state index is 0.162. The fourth-order valence-corrected chi connectivity index (χ4v) is 3.34. The van der Waals surface area contributed by atoms with Gasteiger partial charge in [-0.25, -0.2) is 9.97 Å². The number of aryl methyl sites for hydroxylation is 1. The zero-order valence-corrected chi connectivity index (χ0v) is 15.9. The minimum Gasteiger partial charge on any atom is -0.472 e. The number of ether oxygens (including phenoxy) is 1. The Bertz CT molecular complexity index is 1200. The largest absolute Gasteiger partial charge is 0.472 e. The molecule has 3 heterocycles. The summed E-state index contributed by atoms with van der Waals surface area (Å²) in [6.45, 7) is 0. The molecule has 1 aromatic carbocycles. The molecule has 0 bridgehead atoms. The maximum Gasteiger partial charge on any atom is 0.258 e. The van der Waals surface area contributed by atoms with Crippen molar-refractivity contribution in [2.45, 2.75) is 18.9 Å². The van der Waals surface area contributed by atoms with Crippen LogP contribution in [0, 0.1) is 0 Å². The summed E-state index contributed by atoms with van der Waals surface area (Å²) in [6.07, 6.45) is 5.74. The predicted molar refractivity (Wildman–Crippen MR) is 108 cm³/mol. The van der Waals surface area contributed by atoms with Gasteiger partial charge in [-0.15, -0.1) is 0 Å². The van der Waals surface area contributed by atoms with Crippen molar-refractivity contribution >= 4 is 28.3 Å². The second-order valence-corrected chi connectivity index (χ2v) is 7.24. The lowest BCUT2D eigenvalue weighted by atomic mass is 10.0. The first-order valence-corrected chi connectivity index (χ1v) is 9.35. The summed E-state index contributed by atoms with van der Waals surface area (Å²) < 4.78 is 7.57. The van der Waals surface area contributed by atoms with Gasteiger partial charge >= 0.3 is 0 Å². The highest BCUT2D eigenvalue weighted by molar-refractivity contribution is 6.35. The number of hydrogen-bond acceptors (Lipinski definition) is 6. The van der Waals surface area contributed by atoms with Crippen molar-refractivity contribution in [1.82, 2.24) is 24.7 Å². The second kappa shape index (κ2) is 6.45. The molecule has 0 atom stereocenters. The Morgan fingerprint density at radius 2 is 2.04 bits per heavy atom. The molecule has 8 heteroatoms. The van der Waals surface area contributed by atoms with Gasteiger partial charge in [0.1, 0.15) is 23.2 Å². The Kier molecular flexibility index (Phi) is 3.91. The normalized spacial score (nSPS) is 13.8. The molecule has 5 rings (SSSR count). The zero-order chi connectivity index (χ0) is 19.3. The predicted octanol–water partition coefficient (Wildman–Crippen LogP) is 3.87. The van der Waals surface area contributed by atoms with E-state index in [0.717, 1.165) is 29.3 Å². The molecule has 28 heavy (non-hydrogen) atoms. The van der Waals surface area contributed by atoms with Crippen molar-refractivity contribution < 1.29 is 4.74 Å². The number of fused-ring (bicyclic) bond motifs is 1. The lowest BCUT2D eigenvalue weighted by Gasteiger charge is -2.13. The fraction of sp³-hybridized carbons (Fsp3) is 0.200. The van der Waals surface area contributed by atoms with Crippen LogP contribution in [0.4, 0.5) is 5.82 Å². The Balaban J connectivity index is 1.74. The standard InChI is InChI=1S/C20H17ClN6O/c1-27-8-6-15(26-27)18-17(25-20(19(22)24-18)28-13-4-5-13)12-9-11-3-2-7-23-16(11)14(21)10-12/h2-3,6-10,13H,4-5H2,1H3,(H2,22,24). The molecule has 0 aliphatic heterocycles. The highest BCUT2D eigenvalue weighted by Gasteiger charge is 2.27. The third-order valence-electron chi connectivity index (χ3n) is 4.58. The van der Waals surface area contributed by atoms with Gasteiger partial charge in [-0.05, 0) is 37.1 Å². The van der Waals surface area contributed by atoms with Gasteiger partial charge < -0.3 is 10.5 Å². The van der Waals surface area contributed by atoms with Crippen molar-refractivity contribution in [1.29, 1.82) is 0 Å². The molecule has 0 radical (unpaired) electrons. The number of nitrogens with zero attached hydrogens (tertiary/aromatic N) is 5. The Labute approximate surface area is 166 Å². The van der Waals surface area contributed by atoms with Gasteiger partial charge in [0.25, 0.3) is 5.88 Å². The van der Waals surface area contributed by atoms with E-state index in [0.29, 0.717) is 28.0 Å². The average Bonchev–Trinajstić information content (AvgIpc) is 3.40. The third kappa shape index (κ3) is 3.03. The van der Waals surface area contributed by atoms with Crippen molar-refractivity contribution in [3.05, 3.63) is 47.7 Å². The number of nitrogen functional groups attached to an aromatic ring is 1. The molecule has 0 unspecified atom stereocenters. The molecule has 3 aromatic heterocycles. The van der Waals surface area contributed by atoms with Crippen LogP contribution in [0.15, 0.2) is 42.7 Å². The van der Waals surface area contributed by atoms with E-state index in [-0.39, 0.29) is 11.9 Å². The number of anilines is 1. The number of halogens is 1. The molecule has 1 saturated carbocycles.